The lowest BCUT2D eigenvalue weighted by atomic mass is 9.81. The van der Waals surface area contributed by atoms with Crippen LogP contribution in [0.5, 0.6) is 0 Å². The molecule has 0 spiro atoms. The first-order valence-electron chi connectivity index (χ1n) is 6.71. The molecule has 3 N–H and O–H groups in total. The Morgan fingerprint density at radius 2 is 2.28 bits per heavy atom. The Labute approximate surface area is 109 Å². The molecule has 1 aromatic heterocycles. The second kappa shape index (κ2) is 5.33. The lowest BCUT2D eigenvalue weighted by molar-refractivity contribution is -0.195. The second-order valence-electron chi connectivity index (χ2n) is 5.64. The van der Waals surface area contributed by atoms with E-state index in [1.165, 1.54) is 12.0 Å². The van der Waals surface area contributed by atoms with Crippen molar-refractivity contribution in [2.24, 2.45) is 0 Å². The summed E-state index contributed by atoms with van der Waals surface area (Å²) in [4.78, 5) is 3.02. The third-order valence-electron chi connectivity index (χ3n) is 3.96. The first-order valence-corrected chi connectivity index (χ1v) is 6.71. The fourth-order valence-electron chi connectivity index (χ4n) is 2.23. The zero-order valence-electron chi connectivity index (χ0n) is 11.5. The SMILES string of the molecule is C[C@H](O[C@H]1CCCCO1)C(C)(C)c1c[nH]c(N)c1. The number of aromatic nitrogens is 1. The summed E-state index contributed by atoms with van der Waals surface area (Å²) in [5.74, 6) is 0.694. The Morgan fingerprint density at radius 3 is 2.83 bits per heavy atom. The van der Waals surface area contributed by atoms with Crippen molar-refractivity contribution in [2.45, 2.75) is 57.8 Å². The van der Waals surface area contributed by atoms with E-state index in [1.807, 2.05) is 12.3 Å². The Hall–Kier alpha value is -1.00. The van der Waals surface area contributed by atoms with E-state index in [0.717, 1.165) is 19.4 Å². The monoisotopic (exact) mass is 252 g/mol. The van der Waals surface area contributed by atoms with Crippen molar-refractivity contribution in [3.05, 3.63) is 17.8 Å². The van der Waals surface area contributed by atoms with Crippen LogP contribution in [0, 0.1) is 0 Å². The fraction of sp³-hybridized carbons (Fsp3) is 0.714. The molecule has 0 radical (unpaired) electrons. The van der Waals surface area contributed by atoms with Gasteiger partial charge in [0.15, 0.2) is 6.29 Å². The number of hydrogen-bond acceptors (Lipinski definition) is 3. The van der Waals surface area contributed by atoms with Gasteiger partial charge in [-0.1, -0.05) is 13.8 Å². The first-order chi connectivity index (χ1) is 8.50. The van der Waals surface area contributed by atoms with Crippen molar-refractivity contribution in [3.8, 4) is 0 Å². The second-order valence-corrected chi connectivity index (χ2v) is 5.64. The average molecular weight is 252 g/mol. The van der Waals surface area contributed by atoms with Crippen LogP contribution in [0.25, 0.3) is 0 Å². The highest BCUT2D eigenvalue weighted by molar-refractivity contribution is 5.37. The summed E-state index contributed by atoms with van der Waals surface area (Å²) in [5.41, 5.74) is 6.82. The van der Waals surface area contributed by atoms with Gasteiger partial charge < -0.3 is 20.2 Å². The minimum absolute atomic E-state index is 0.0516. The van der Waals surface area contributed by atoms with E-state index >= 15 is 0 Å². The van der Waals surface area contributed by atoms with E-state index in [1.54, 1.807) is 0 Å². The van der Waals surface area contributed by atoms with Crippen molar-refractivity contribution in [2.75, 3.05) is 12.3 Å². The molecule has 1 saturated heterocycles. The number of ether oxygens (including phenoxy) is 2. The van der Waals surface area contributed by atoms with E-state index in [9.17, 15) is 0 Å². The molecule has 2 atom stereocenters. The molecule has 102 valence electrons. The number of hydrogen-bond donors (Lipinski definition) is 2. The van der Waals surface area contributed by atoms with Crippen LogP contribution in [0.1, 0.15) is 45.6 Å². The molecule has 0 bridgehead atoms. The molecule has 4 nitrogen and oxygen atoms in total. The normalized spacial score (nSPS) is 22.9. The van der Waals surface area contributed by atoms with Crippen LogP contribution < -0.4 is 5.73 Å². The number of H-pyrrole nitrogens is 1. The third kappa shape index (κ3) is 2.87. The van der Waals surface area contributed by atoms with Gasteiger partial charge in [0.25, 0.3) is 0 Å². The summed E-state index contributed by atoms with van der Waals surface area (Å²) in [6.45, 7) is 7.25. The van der Waals surface area contributed by atoms with Crippen LogP contribution in [0.2, 0.25) is 0 Å². The molecule has 2 heterocycles. The van der Waals surface area contributed by atoms with Crippen molar-refractivity contribution in [3.63, 3.8) is 0 Å². The molecule has 0 unspecified atom stereocenters. The smallest absolute Gasteiger partial charge is 0.157 e. The van der Waals surface area contributed by atoms with Gasteiger partial charge in [0.2, 0.25) is 0 Å². The van der Waals surface area contributed by atoms with Crippen LogP contribution in [0.15, 0.2) is 12.3 Å². The highest BCUT2D eigenvalue weighted by atomic mass is 16.7. The quantitative estimate of drug-likeness (QED) is 0.866. The van der Waals surface area contributed by atoms with Crippen LogP contribution in [-0.4, -0.2) is 24.0 Å². The summed E-state index contributed by atoms with van der Waals surface area (Å²) < 4.78 is 11.7. The van der Waals surface area contributed by atoms with Gasteiger partial charge in [-0.2, -0.15) is 0 Å². The van der Waals surface area contributed by atoms with Gasteiger partial charge in [-0.15, -0.1) is 0 Å². The maximum Gasteiger partial charge on any atom is 0.157 e. The molecular weight excluding hydrogens is 228 g/mol. The Morgan fingerprint density at radius 1 is 1.50 bits per heavy atom. The molecule has 0 saturated carbocycles. The molecule has 1 aliphatic rings. The van der Waals surface area contributed by atoms with Crippen LogP contribution in [-0.2, 0) is 14.9 Å². The van der Waals surface area contributed by atoms with Gasteiger partial charge >= 0.3 is 0 Å². The highest BCUT2D eigenvalue weighted by Crippen LogP contribution is 2.31. The summed E-state index contributed by atoms with van der Waals surface area (Å²) in [6, 6.07) is 1.97. The summed E-state index contributed by atoms with van der Waals surface area (Å²) in [5, 5.41) is 0. The summed E-state index contributed by atoms with van der Waals surface area (Å²) >= 11 is 0. The molecule has 0 amide bonds. The lowest BCUT2D eigenvalue weighted by Gasteiger charge is -2.35. The Balaban J connectivity index is 2.00. The zero-order valence-corrected chi connectivity index (χ0v) is 11.5. The number of aromatic amines is 1. The van der Waals surface area contributed by atoms with Gasteiger partial charge in [-0.25, -0.2) is 0 Å². The number of anilines is 1. The molecule has 2 rings (SSSR count). The predicted molar refractivity (Wildman–Crippen MR) is 72.4 cm³/mol. The van der Waals surface area contributed by atoms with Gasteiger partial charge in [0.05, 0.1) is 6.10 Å². The van der Waals surface area contributed by atoms with Crippen molar-refractivity contribution < 1.29 is 9.47 Å². The maximum absolute atomic E-state index is 6.04. The maximum atomic E-state index is 6.04. The molecular formula is C14H24N2O2. The van der Waals surface area contributed by atoms with Crippen LogP contribution in [0.3, 0.4) is 0 Å². The topological polar surface area (TPSA) is 60.3 Å². The summed E-state index contributed by atoms with van der Waals surface area (Å²) in [7, 11) is 0. The fourth-order valence-corrected chi connectivity index (χ4v) is 2.23. The standard InChI is InChI=1S/C14H24N2O2/c1-10(18-13-6-4-5-7-17-13)14(2,3)11-8-12(15)16-9-11/h8-10,13,16H,4-7,15H2,1-3H3/t10-,13-/m0/s1. The predicted octanol–water partition coefficient (Wildman–Crippen LogP) is 2.81. The van der Waals surface area contributed by atoms with Gasteiger partial charge in [0, 0.05) is 18.2 Å². The Kier molecular flexibility index (Phi) is 3.97. The number of nitrogen functional groups attached to an aromatic ring is 1. The number of nitrogens with one attached hydrogen (secondary N) is 1. The van der Waals surface area contributed by atoms with Crippen molar-refractivity contribution in [1.82, 2.24) is 4.98 Å². The third-order valence-corrected chi connectivity index (χ3v) is 3.96. The first kappa shape index (κ1) is 13.4. The van der Waals surface area contributed by atoms with Crippen LogP contribution >= 0.6 is 0 Å². The van der Waals surface area contributed by atoms with Gasteiger partial charge in [-0.3, -0.25) is 0 Å². The summed E-state index contributed by atoms with van der Waals surface area (Å²) in [6.07, 6.45) is 5.31. The molecule has 1 aromatic rings. The van der Waals surface area contributed by atoms with Gasteiger partial charge in [-0.05, 0) is 37.8 Å². The van der Waals surface area contributed by atoms with Crippen LogP contribution in [0.4, 0.5) is 5.82 Å². The van der Waals surface area contributed by atoms with Gasteiger partial charge in [0.1, 0.15) is 5.82 Å². The molecule has 18 heavy (non-hydrogen) atoms. The van der Waals surface area contributed by atoms with Crippen molar-refractivity contribution in [1.29, 1.82) is 0 Å². The van der Waals surface area contributed by atoms with E-state index in [4.69, 9.17) is 15.2 Å². The lowest BCUT2D eigenvalue weighted by Crippen LogP contribution is -2.38. The Bertz CT molecular complexity index is 381. The number of nitrogens with two attached hydrogens (primary N) is 1. The minimum atomic E-state index is -0.0884. The van der Waals surface area contributed by atoms with Crippen molar-refractivity contribution >= 4 is 5.82 Å². The molecule has 1 aliphatic heterocycles. The van der Waals surface area contributed by atoms with E-state index < -0.39 is 0 Å². The minimum Gasteiger partial charge on any atom is -0.385 e. The molecule has 4 heteroatoms. The highest BCUT2D eigenvalue weighted by Gasteiger charge is 2.32. The zero-order chi connectivity index (χ0) is 13.2. The molecule has 1 fully saturated rings. The average Bonchev–Trinajstić information content (AvgIpc) is 2.78. The molecule has 0 aliphatic carbocycles. The largest absolute Gasteiger partial charge is 0.385 e. The number of rotatable bonds is 4. The van der Waals surface area contributed by atoms with E-state index in [2.05, 4.69) is 25.8 Å². The molecule has 0 aromatic carbocycles. The van der Waals surface area contributed by atoms with E-state index in [-0.39, 0.29) is 17.8 Å². The van der Waals surface area contributed by atoms with E-state index in [0.29, 0.717) is 5.82 Å².